The van der Waals surface area contributed by atoms with E-state index in [1.54, 1.807) is 0 Å². The van der Waals surface area contributed by atoms with E-state index in [1.807, 2.05) is 62.2 Å². The summed E-state index contributed by atoms with van der Waals surface area (Å²) < 4.78 is 0. The molecular weight excluding hydrogens is 270 g/mol. The van der Waals surface area contributed by atoms with Crippen molar-refractivity contribution in [2.75, 3.05) is 11.9 Å². The summed E-state index contributed by atoms with van der Waals surface area (Å²) in [5.41, 5.74) is 4.32. The zero-order valence-corrected chi connectivity index (χ0v) is 14.0. The summed E-state index contributed by atoms with van der Waals surface area (Å²) in [5.74, 6) is 1.78. The first-order valence-corrected chi connectivity index (χ1v) is 7.51. The molecule has 0 aliphatic heterocycles. The van der Waals surface area contributed by atoms with Crippen LogP contribution in [0.15, 0.2) is 48.6 Å². The molecule has 2 rings (SSSR count). The highest BCUT2D eigenvalue weighted by Crippen LogP contribution is 2.23. The summed E-state index contributed by atoms with van der Waals surface area (Å²) in [6.07, 6.45) is 4.14. The van der Waals surface area contributed by atoms with Crippen molar-refractivity contribution in [2.24, 2.45) is 0 Å². The van der Waals surface area contributed by atoms with E-state index in [0.717, 1.165) is 23.0 Å². The van der Waals surface area contributed by atoms with Gasteiger partial charge in [-0.3, -0.25) is 0 Å². The molecule has 0 aromatic carbocycles. The van der Waals surface area contributed by atoms with Crippen LogP contribution >= 0.6 is 0 Å². The van der Waals surface area contributed by atoms with Crippen molar-refractivity contribution in [1.82, 2.24) is 9.97 Å². The summed E-state index contributed by atoms with van der Waals surface area (Å²) in [6, 6.07) is 12.1. The van der Waals surface area contributed by atoms with Gasteiger partial charge in [0.1, 0.15) is 11.6 Å². The maximum absolute atomic E-state index is 4.72. The number of hydrogen-bond donors (Lipinski definition) is 0. The summed E-state index contributed by atoms with van der Waals surface area (Å²) in [5, 5.41) is 0. The molecule has 3 nitrogen and oxygen atoms in total. The van der Waals surface area contributed by atoms with Gasteiger partial charge in [-0.2, -0.15) is 0 Å². The molecule has 0 saturated carbocycles. The van der Waals surface area contributed by atoms with E-state index < -0.39 is 0 Å². The van der Waals surface area contributed by atoms with Crippen molar-refractivity contribution in [2.45, 2.75) is 27.7 Å². The first-order chi connectivity index (χ1) is 10.6. The predicted octanol–water partition coefficient (Wildman–Crippen LogP) is 5.09. The highest BCUT2D eigenvalue weighted by molar-refractivity contribution is 5.66. The molecule has 0 atom stereocenters. The third kappa shape index (κ3) is 3.42. The number of hydrogen-bond acceptors (Lipinski definition) is 3. The van der Waals surface area contributed by atoms with Gasteiger partial charge in [0.25, 0.3) is 0 Å². The maximum Gasteiger partial charge on any atom is 0.134 e. The lowest BCUT2D eigenvalue weighted by Gasteiger charge is -2.19. The van der Waals surface area contributed by atoms with E-state index in [9.17, 15) is 0 Å². The first kappa shape index (κ1) is 16.0. The van der Waals surface area contributed by atoms with Crippen LogP contribution in [0.25, 0.3) is 11.1 Å². The van der Waals surface area contributed by atoms with Gasteiger partial charge in [0.2, 0.25) is 0 Å². The SMILES string of the molecule is C/C=C(\C)c1cccc(N(C)c2cccc(/C(C)=C/C)n2)n1. The van der Waals surface area contributed by atoms with Crippen LogP contribution in [0.1, 0.15) is 39.1 Å². The molecule has 3 heteroatoms. The Bertz CT molecular complexity index is 653. The Labute approximate surface area is 133 Å². The van der Waals surface area contributed by atoms with E-state index in [4.69, 9.17) is 9.97 Å². The molecule has 114 valence electrons. The van der Waals surface area contributed by atoms with Crippen LogP contribution in [0.5, 0.6) is 0 Å². The van der Waals surface area contributed by atoms with Crippen LogP contribution < -0.4 is 4.90 Å². The molecule has 0 radical (unpaired) electrons. The van der Waals surface area contributed by atoms with Crippen LogP contribution in [-0.2, 0) is 0 Å². The van der Waals surface area contributed by atoms with Crippen LogP contribution in [0.3, 0.4) is 0 Å². The van der Waals surface area contributed by atoms with Crippen molar-refractivity contribution in [3.05, 3.63) is 59.9 Å². The summed E-state index contributed by atoms with van der Waals surface area (Å²) in [7, 11) is 1.99. The molecule has 0 N–H and O–H groups in total. The monoisotopic (exact) mass is 293 g/mol. The highest BCUT2D eigenvalue weighted by Gasteiger charge is 2.09. The van der Waals surface area contributed by atoms with Crippen molar-refractivity contribution >= 4 is 22.8 Å². The Hall–Kier alpha value is -2.42. The second-order valence-corrected chi connectivity index (χ2v) is 5.26. The Morgan fingerprint density at radius 2 is 1.23 bits per heavy atom. The van der Waals surface area contributed by atoms with Crippen molar-refractivity contribution in [1.29, 1.82) is 0 Å². The molecule has 22 heavy (non-hydrogen) atoms. The molecule has 0 aliphatic rings. The van der Waals surface area contributed by atoms with Crippen LogP contribution in [-0.4, -0.2) is 17.0 Å². The van der Waals surface area contributed by atoms with E-state index >= 15 is 0 Å². The first-order valence-electron chi connectivity index (χ1n) is 7.51. The number of nitrogens with zero attached hydrogens (tertiary/aromatic N) is 3. The Morgan fingerprint density at radius 1 is 0.818 bits per heavy atom. The average molecular weight is 293 g/mol. The lowest BCUT2D eigenvalue weighted by molar-refractivity contribution is 1.06. The maximum atomic E-state index is 4.72. The summed E-state index contributed by atoms with van der Waals surface area (Å²) in [6.45, 7) is 8.19. The second-order valence-electron chi connectivity index (χ2n) is 5.26. The standard InChI is InChI=1S/C19H23N3/c1-6-14(3)16-10-8-12-18(20-16)22(5)19-13-9-11-17(21-19)15(4)7-2/h6-13H,1-5H3/b14-6+,15-7+. The molecule has 0 aliphatic carbocycles. The fraction of sp³-hybridized carbons (Fsp3) is 0.263. The van der Waals surface area contributed by atoms with Gasteiger partial charge in [0, 0.05) is 7.05 Å². The molecule has 0 spiro atoms. The zero-order valence-electron chi connectivity index (χ0n) is 14.0. The van der Waals surface area contributed by atoms with Gasteiger partial charge >= 0.3 is 0 Å². The average Bonchev–Trinajstić information content (AvgIpc) is 2.59. The van der Waals surface area contributed by atoms with E-state index in [0.29, 0.717) is 0 Å². The predicted molar refractivity (Wildman–Crippen MR) is 95.2 cm³/mol. The molecule has 2 aromatic heterocycles. The minimum atomic E-state index is 0.890. The third-order valence-electron chi connectivity index (χ3n) is 3.83. The highest BCUT2D eigenvalue weighted by atomic mass is 15.2. The van der Waals surface area contributed by atoms with Gasteiger partial charge in [-0.25, -0.2) is 9.97 Å². The lowest BCUT2D eigenvalue weighted by atomic mass is 10.2. The fourth-order valence-electron chi connectivity index (χ4n) is 2.07. The normalized spacial score (nSPS) is 12.4. The van der Waals surface area contributed by atoms with Crippen molar-refractivity contribution < 1.29 is 0 Å². The van der Waals surface area contributed by atoms with E-state index in [1.165, 1.54) is 11.1 Å². The van der Waals surface area contributed by atoms with E-state index in [2.05, 4.69) is 26.0 Å². The molecular formula is C19H23N3. The lowest BCUT2D eigenvalue weighted by Crippen LogP contribution is -2.13. The molecule has 2 aromatic rings. The molecule has 0 amide bonds. The number of aromatic nitrogens is 2. The Kier molecular flexibility index (Phi) is 5.10. The van der Waals surface area contributed by atoms with Crippen molar-refractivity contribution in [3.8, 4) is 0 Å². The molecule has 0 fully saturated rings. The topological polar surface area (TPSA) is 29.0 Å². The summed E-state index contributed by atoms with van der Waals surface area (Å²) >= 11 is 0. The van der Waals surface area contributed by atoms with Gasteiger partial charge in [0.05, 0.1) is 11.4 Å². The van der Waals surface area contributed by atoms with Crippen LogP contribution in [0.4, 0.5) is 11.6 Å². The van der Waals surface area contributed by atoms with E-state index in [-0.39, 0.29) is 0 Å². The molecule has 0 saturated heterocycles. The number of anilines is 2. The van der Waals surface area contributed by atoms with Gasteiger partial charge < -0.3 is 4.90 Å². The number of pyridine rings is 2. The zero-order chi connectivity index (χ0) is 16.1. The molecule has 0 bridgehead atoms. The summed E-state index contributed by atoms with van der Waals surface area (Å²) in [4.78, 5) is 11.4. The van der Waals surface area contributed by atoms with Crippen molar-refractivity contribution in [3.63, 3.8) is 0 Å². The minimum absolute atomic E-state index is 0.890. The van der Waals surface area contributed by atoms with Crippen LogP contribution in [0, 0.1) is 0 Å². The smallest absolute Gasteiger partial charge is 0.134 e. The molecule has 0 unspecified atom stereocenters. The van der Waals surface area contributed by atoms with Gasteiger partial charge in [0.15, 0.2) is 0 Å². The van der Waals surface area contributed by atoms with Gasteiger partial charge in [-0.05, 0) is 63.1 Å². The number of allylic oxidation sites excluding steroid dienone is 4. The quantitative estimate of drug-likeness (QED) is 0.786. The largest absolute Gasteiger partial charge is 0.314 e. The van der Waals surface area contributed by atoms with Gasteiger partial charge in [-0.15, -0.1) is 0 Å². The van der Waals surface area contributed by atoms with Crippen LogP contribution in [0.2, 0.25) is 0 Å². The number of rotatable bonds is 4. The second kappa shape index (κ2) is 7.03. The third-order valence-corrected chi connectivity index (χ3v) is 3.83. The molecule has 2 heterocycles. The minimum Gasteiger partial charge on any atom is -0.314 e. The Morgan fingerprint density at radius 3 is 1.59 bits per heavy atom. The fourth-order valence-corrected chi connectivity index (χ4v) is 2.07. The Balaban J connectivity index is 2.38. The van der Waals surface area contributed by atoms with Gasteiger partial charge in [-0.1, -0.05) is 24.3 Å².